The molecule has 1 aliphatic rings. The van der Waals surface area contributed by atoms with Crippen molar-refractivity contribution in [3.05, 3.63) is 23.2 Å². The topological polar surface area (TPSA) is 38.7 Å². The number of alkyl halides is 1. The van der Waals surface area contributed by atoms with Crippen molar-refractivity contribution in [3.63, 3.8) is 0 Å². The standard InChI is InChI=1S/C15H23Cl2N3O/c1-2-19-5-7-20(8-6-19)15-4-3-12(9-14(15)17)18-11-13(21)10-16/h3-4,9,13,18,21H,2,5-8,10-11H2,1H3. The van der Waals surface area contributed by atoms with Crippen molar-refractivity contribution in [2.24, 2.45) is 0 Å². The molecule has 1 saturated heterocycles. The Morgan fingerprint density at radius 3 is 2.57 bits per heavy atom. The summed E-state index contributed by atoms with van der Waals surface area (Å²) in [7, 11) is 0. The third-order valence-corrected chi connectivity index (χ3v) is 4.49. The largest absolute Gasteiger partial charge is 0.390 e. The van der Waals surface area contributed by atoms with Crippen LogP contribution in [-0.4, -0.2) is 61.3 Å². The molecule has 6 heteroatoms. The normalized spacial score (nSPS) is 17.8. The Balaban J connectivity index is 1.96. The molecule has 1 aromatic carbocycles. The van der Waals surface area contributed by atoms with Crippen LogP contribution in [-0.2, 0) is 0 Å². The number of likely N-dealkylation sites (N-methyl/N-ethyl adjacent to an activating group) is 1. The highest BCUT2D eigenvalue weighted by molar-refractivity contribution is 6.33. The van der Waals surface area contributed by atoms with Gasteiger partial charge in [0.2, 0.25) is 0 Å². The molecule has 0 aliphatic carbocycles. The average molecular weight is 332 g/mol. The number of benzene rings is 1. The van der Waals surface area contributed by atoms with Crippen molar-refractivity contribution in [2.75, 3.05) is 55.4 Å². The number of nitrogens with one attached hydrogen (secondary N) is 1. The van der Waals surface area contributed by atoms with Gasteiger partial charge in [-0.25, -0.2) is 0 Å². The Labute approximate surface area is 136 Å². The van der Waals surface area contributed by atoms with Crippen LogP contribution in [0.25, 0.3) is 0 Å². The van der Waals surface area contributed by atoms with Crippen LogP contribution in [0.1, 0.15) is 6.92 Å². The predicted molar refractivity (Wildman–Crippen MR) is 91.0 cm³/mol. The zero-order valence-corrected chi connectivity index (χ0v) is 13.9. The molecule has 1 aliphatic heterocycles. The van der Waals surface area contributed by atoms with Crippen molar-refractivity contribution in [1.29, 1.82) is 0 Å². The Morgan fingerprint density at radius 2 is 2.00 bits per heavy atom. The highest BCUT2D eigenvalue weighted by atomic mass is 35.5. The van der Waals surface area contributed by atoms with Gasteiger partial charge < -0.3 is 20.2 Å². The molecular weight excluding hydrogens is 309 g/mol. The lowest BCUT2D eigenvalue weighted by Gasteiger charge is -2.36. The van der Waals surface area contributed by atoms with Crippen molar-refractivity contribution in [3.8, 4) is 0 Å². The number of rotatable bonds is 6. The summed E-state index contributed by atoms with van der Waals surface area (Å²) in [5.74, 6) is 0.223. The zero-order chi connectivity index (χ0) is 15.2. The highest BCUT2D eigenvalue weighted by Gasteiger charge is 2.17. The van der Waals surface area contributed by atoms with E-state index in [0.717, 1.165) is 49.1 Å². The summed E-state index contributed by atoms with van der Waals surface area (Å²) in [6.45, 7) is 7.89. The van der Waals surface area contributed by atoms with E-state index in [1.807, 2.05) is 18.2 Å². The minimum absolute atomic E-state index is 0.223. The van der Waals surface area contributed by atoms with Gasteiger partial charge in [-0.3, -0.25) is 0 Å². The Hall–Kier alpha value is -0.680. The van der Waals surface area contributed by atoms with Gasteiger partial charge in [0.15, 0.2) is 0 Å². The average Bonchev–Trinajstić information content (AvgIpc) is 2.53. The van der Waals surface area contributed by atoms with Crippen molar-refractivity contribution in [2.45, 2.75) is 13.0 Å². The van der Waals surface area contributed by atoms with Gasteiger partial charge in [0.1, 0.15) is 0 Å². The van der Waals surface area contributed by atoms with E-state index in [9.17, 15) is 5.11 Å². The smallest absolute Gasteiger partial charge is 0.0847 e. The first kappa shape index (κ1) is 16.7. The van der Waals surface area contributed by atoms with Crippen molar-refractivity contribution in [1.82, 2.24) is 4.90 Å². The summed E-state index contributed by atoms with van der Waals surface area (Å²) in [6, 6.07) is 5.94. The van der Waals surface area contributed by atoms with E-state index in [-0.39, 0.29) is 5.88 Å². The number of anilines is 2. The Morgan fingerprint density at radius 1 is 1.29 bits per heavy atom. The van der Waals surface area contributed by atoms with Gasteiger partial charge in [-0.1, -0.05) is 18.5 Å². The minimum Gasteiger partial charge on any atom is -0.390 e. The first-order chi connectivity index (χ1) is 10.1. The maximum atomic E-state index is 9.45. The second-order valence-corrected chi connectivity index (χ2v) is 5.99. The van der Waals surface area contributed by atoms with Gasteiger partial charge in [0.05, 0.1) is 22.7 Å². The number of halogens is 2. The number of hydrogen-bond donors (Lipinski definition) is 2. The summed E-state index contributed by atoms with van der Waals surface area (Å²) in [4.78, 5) is 4.76. The molecule has 0 amide bonds. The fourth-order valence-corrected chi connectivity index (χ4v) is 2.88. The molecule has 0 aromatic heterocycles. The van der Waals surface area contributed by atoms with Gasteiger partial charge >= 0.3 is 0 Å². The summed E-state index contributed by atoms with van der Waals surface area (Å²) in [6.07, 6.45) is -0.549. The Bertz CT molecular complexity index is 451. The highest BCUT2D eigenvalue weighted by Crippen LogP contribution is 2.29. The predicted octanol–water partition coefficient (Wildman–Crippen LogP) is 2.49. The van der Waals surface area contributed by atoms with Crippen LogP contribution < -0.4 is 10.2 Å². The van der Waals surface area contributed by atoms with Gasteiger partial charge in [0.25, 0.3) is 0 Å². The van der Waals surface area contributed by atoms with E-state index in [4.69, 9.17) is 23.2 Å². The fraction of sp³-hybridized carbons (Fsp3) is 0.600. The molecule has 1 fully saturated rings. The zero-order valence-electron chi connectivity index (χ0n) is 12.4. The summed E-state index contributed by atoms with van der Waals surface area (Å²) < 4.78 is 0. The summed E-state index contributed by atoms with van der Waals surface area (Å²) in [5, 5.41) is 13.3. The van der Waals surface area contributed by atoms with Gasteiger partial charge in [-0.05, 0) is 24.7 Å². The second kappa shape index (κ2) is 8.08. The van der Waals surface area contributed by atoms with Gasteiger partial charge in [-0.15, -0.1) is 11.6 Å². The third kappa shape index (κ3) is 4.65. The van der Waals surface area contributed by atoms with E-state index in [0.29, 0.717) is 6.54 Å². The van der Waals surface area contributed by atoms with E-state index in [1.165, 1.54) is 0 Å². The SMILES string of the molecule is CCN1CCN(c2ccc(NCC(O)CCl)cc2Cl)CC1. The van der Waals surface area contributed by atoms with Crippen LogP contribution >= 0.6 is 23.2 Å². The van der Waals surface area contributed by atoms with Gasteiger partial charge in [0, 0.05) is 38.4 Å². The molecule has 0 spiro atoms. The van der Waals surface area contributed by atoms with Crippen molar-refractivity contribution < 1.29 is 5.11 Å². The van der Waals surface area contributed by atoms with Crippen LogP contribution in [0.5, 0.6) is 0 Å². The molecule has 1 heterocycles. The van der Waals surface area contributed by atoms with Crippen LogP contribution in [0, 0.1) is 0 Å². The quantitative estimate of drug-likeness (QED) is 0.785. The monoisotopic (exact) mass is 331 g/mol. The molecule has 1 unspecified atom stereocenters. The molecule has 1 aromatic rings. The van der Waals surface area contributed by atoms with Crippen LogP contribution in [0.15, 0.2) is 18.2 Å². The lowest BCUT2D eigenvalue weighted by Crippen LogP contribution is -2.46. The second-order valence-electron chi connectivity index (χ2n) is 5.28. The van der Waals surface area contributed by atoms with E-state index >= 15 is 0 Å². The molecule has 2 N–H and O–H groups in total. The molecule has 21 heavy (non-hydrogen) atoms. The number of hydrogen-bond acceptors (Lipinski definition) is 4. The molecule has 0 bridgehead atoms. The molecular formula is C15H23Cl2N3O. The number of nitrogens with zero attached hydrogens (tertiary/aromatic N) is 2. The minimum atomic E-state index is -0.549. The summed E-state index contributed by atoms with van der Waals surface area (Å²) >= 11 is 12.0. The van der Waals surface area contributed by atoms with Crippen LogP contribution in [0.2, 0.25) is 5.02 Å². The number of aliphatic hydroxyl groups excluding tert-OH is 1. The maximum Gasteiger partial charge on any atom is 0.0847 e. The molecule has 4 nitrogen and oxygen atoms in total. The molecule has 1 atom stereocenters. The van der Waals surface area contributed by atoms with Gasteiger partial charge in [-0.2, -0.15) is 0 Å². The van der Waals surface area contributed by atoms with E-state index < -0.39 is 6.10 Å². The molecule has 2 rings (SSSR count). The molecule has 118 valence electrons. The number of aliphatic hydroxyl groups is 1. The first-order valence-electron chi connectivity index (χ1n) is 7.38. The first-order valence-corrected chi connectivity index (χ1v) is 8.30. The maximum absolute atomic E-state index is 9.45. The van der Waals surface area contributed by atoms with E-state index in [2.05, 4.69) is 22.0 Å². The summed E-state index contributed by atoms with van der Waals surface area (Å²) in [5.41, 5.74) is 1.98. The van der Waals surface area contributed by atoms with Crippen molar-refractivity contribution >= 4 is 34.6 Å². The molecule has 0 radical (unpaired) electrons. The molecule has 0 saturated carbocycles. The fourth-order valence-electron chi connectivity index (χ4n) is 2.47. The van der Waals surface area contributed by atoms with E-state index in [1.54, 1.807) is 0 Å². The lowest BCUT2D eigenvalue weighted by molar-refractivity contribution is 0.211. The Kier molecular flexibility index (Phi) is 6.42. The number of piperazine rings is 1. The lowest BCUT2D eigenvalue weighted by atomic mass is 10.2. The third-order valence-electron chi connectivity index (χ3n) is 3.83. The van der Waals surface area contributed by atoms with Crippen LogP contribution in [0.3, 0.4) is 0 Å². The van der Waals surface area contributed by atoms with Crippen LogP contribution in [0.4, 0.5) is 11.4 Å².